The van der Waals surface area contributed by atoms with E-state index in [0.29, 0.717) is 28.7 Å². The van der Waals surface area contributed by atoms with Gasteiger partial charge in [0.15, 0.2) is 0 Å². The second-order valence-electron chi connectivity index (χ2n) is 13.3. The smallest absolute Gasteiger partial charge is 0.251 e. The van der Waals surface area contributed by atoms with Gasteiger partial charge >= 0.3 is 0 Å². The predicted octanol–water partition coefficient (Wildman–Crippen LogP) is 5.40. The van der Waals surface area contributed by atoms with Gasteiger partial charge in [-0.05, 0) is 54.0 Å². The van der Waals surface area contributed by atoms with Crippen LogP contribution in [0.15, 0.2) is 83.3 Å². The molecular weight excluding hydrogens is 708 g/mol. The van der Waals surface area contributed by atoms with Crippen molar-refractivity contribution in [2.45, 2.75) is 77.9 Å². The van der Waals surface area contributed by atoms with E-state index in [1.807, 2.05) is 64.1 Å². The summed E-state index contributed by atoms with van der Waals surface area (Å²) in [5, 5.41) is 20.0. The van der Waals surface area contributed by atoms with Gasteiger partial charge in [-0.25, -0.2) is 8.42 Å². The highest BCUT2D eigenvalue weighted by Crippen LogP contribution is 2.26. The van der Waals surface area contributed by atoms with E-state index in [2.05, 4.69) is 31.9 Å². The number of benzene rings is 3. The molecule has 3 aromatic rings. The van der Waals surface area contributed by atoms with Crippen molar-refractivity contribution in [3.05, 3.63) is 100 Å². The van der Waals surface area contributed by atoms with Gasteiger partial charge in [-0.3, -0.25) is 18.7 Å². The largest absolute Gasteiger partial charge is 0.391 e. The molecule has 0 unspecified atom stereocenters. The van der Waals surface area contributed by atoms with E-state index >= 15 is 0 Å². The topological polar surface area (TPSA) is 145 Å². The molecule has 0 radical (unpaired) electrons. The highest BCUT2D eigenvalue weighted by atomic mass is 79.9. The van der Waals surface area contributed by atoms with Gasteiger partial charge in [-0.2, -0.15) is 0 Å². The van der Waals surface area contributed by atoms with E-state index < -0.39 is 40.0 Å². The van der Waals surface area contributed by atoms with E-state index in [1.54, 1.807) is 43.3 Å². The molecule has 4 N–H and O–H groups in total. The number of aliphatic hydroxyl groups excluding tert-OH is 1. The molecule has 4 atom stereocenters. The SMILES string of the molecule is CC(C)C[C@H](NC(=O)c1cc(Br)cc(N(C)S(=O)(=O)Cc2ccccc2)c1)[C@@H](O)C[C@@H](C)C(=O)N[C@H](C(=O)NCc1ccccc1)C(C)C. The van der Waals surface area contributed by atoms with Crippen molar-refractivity contribution < 1.29 is 27.9 Å². The molecule has 49 heavy (non-hydrogen) atoms. The molecule has 12 heteroatoms. The lowest BCUT2D eigenvalue weighted by molar-refractivity contribution is -0.132. The summed E-state index contributed by atoms with van der Waals surface area (Å²) in [6.45, 7) is 9.65. The molecule has 266 valence electrons. The van der Waals surface area contributed by atoms with Crippen LogP contribution in [0.25, 0.3) is 0 Å². The molecule has 0 aliphatic carbocycles. The summed E-state index contributed by atoms with van der Waals surface area (Å²) < 4.78 is 28.0. The van der Waals surface area contributed by atoms with Crippen LogP contribution in [0.1, 0.15) is 68.9 Å². The van der Waals surface area contributed by atoms with E-state index in [1.165, 1.54) is 13.1 Å². The molecule has 3 amide bonds. The van der Waals surface area contributed by atoms with Crippen molar-refractivity contribution in [1.82, 2.24) is 16.0 Å². The number of nitrogens with zero attached hydrogens (tertiary/aromatic N) is 1. The average molecular weight is 758 g/mol. The maximum absolute atomic E-state index is 13.6. The lowest BCUT2D eigenvalue weighted by atomic mass is 9.91. The number of aliphatic hydroxyl groups is 1. The van der Waals surface area contributed by atoms with Gasteiger partial charge in [-0.15, -0.1) is 0 Å². The van der Waals surface area contributed by atoms with Gasteiger partial charge in [0.2, 0.25) is 21.8 Å². The van der Waals surface area contributed by atoms with Gasteiger partial charge in [0.05, 0.1) is 23.6 Å². The van der Waals surface area contributed by atoms with Crippen molar-refractivity contribution in [3.8, 4) is 0 Å². The standard InChI is InChI=1S/C37H49BrN4O6S/c1-24(2)17-32(33(43)18-26(5)35(44)41-34(25(3)4)37(46)39-22-27-13-9-7-10-14-27)40-36(45)29-19-30(38)21-31(20-29)42(6)49(47,48)23-28-15-11-8-12-16-28/h7-16,19-21,24-26,32-34,43H,17-18,22-23H2,1-6H3,(H,39,46)(H,40,45)(H,41,44)/t26-,32+,33+,34+/m1/s1. The number of hydrogen-bond acceptors (Lipinski definition) is 6. The van der Waals surface area contributed by atoms with Crippen molar-refractivity contribution in [2.75, 3.05) is 11.4 Å². The van der Waals surface area contributed by atoms with Crippen LogP contribution >= 0.6 is 15.9 Å². The Bertz CT molecular complexity index is 1650. The van der Waals surface area contributed by atoms with Crippen LogP contribution in [-0.2, 0) is 31.9 Å². The molecule has 0 aliphatic rings. The van der Waals surface area contributed by atoms with Crippen LogP contribution in [0.4, 0.5) is 5.69 Å². The van der Waals surface area contributed by atoms with Crippen molar-refractivity contribution in [1.29, 1.82) is 0 Å². The summed E-state index contributed by atoms with van der Waals surface area (Å²) in [7, 11) is -2.32. The number of nitrogens with one attached hydrogen (secondary N) is 3. The maximum Gasteiger partial charge on any atom is 0.251 e. The van der Waals surface area contributed by atoms with Crippen molar-refractivity contribution in [3.63, 3.8) is 0 Å². The first-order valence-corrected chi connectivity index (χ1v) is 18.9. The highest BCUT2D eigenvalue weighted by molar-refractivity contribution is 9.10. The molecule has 3 aromatic carbocycles. The Morgan fingerprint density at radius 2 is 1.41 bits per heavy atom. The maximum atomic E-state index is 13.6. The summed E-state index contributed by atoms with van der Waals surface area (Å²) in [6, 6.07) is 21.6. The normalized spacial score (nSPS) is 14.1. The van der Waals surface area contributed by atoms with Gasteiger partial charge in [0.1, 0.15) is 6.04 Å². The monoisotopic (exact) mass is 756 g/mol. The second kappa shape index (κ2) is 18.3. The third kappa shape index (κ3) is 12.3. The molecule has 0 aliphatic heterocycles. The number of carbonyl (C=O) groups is 3. The van der Waals surface area contributed by atoms with Gasteiger partial charge < -0.3 is 21.1 Å². The third-order valence-corrected chi connectivity index (χ3v) is 10.4. The quantitative estimate of drug-likeness (QED) is 0.145. The Morgan fingerprint density at radius 3 is 1.98 bits per heavy atom. The van der Waals surface area contributed by atoms with E-state index in [0.717, 1.165) is 9.87 Å². The van der Waals surface area contributed by atoms with Crippen LogP contribution in [0.5, 0.6) is 0 Å². The Labute approximate surface area is 299 Å². The van der Waals surface area contributed by atoms with Crippen LogP contribution in [0.2, 0.25) is 0 Å². The van der Waals surface area contributed by atoms with E-state index in [-0.39, 0.29) is 41.4 Å². The number of anilines is 1. The van der Waals surface area contributed by atoms with Crippen LogP contribution in [0.3, 0.4) is 0 Å². The van der Waals surface area contributed by atoms with Crippen molar-refractivity contribution >= 4 is 49.4 Å². The molecular formula is C37H49BrN4O6S. The zero-order chi connectivity index (χ0) is 36.3. The van der Waals surface area contributed by atoms with Gasteiger partial charge in [-0.1, -0.05) is 111 Å². The Hall–Kier alpha value is -3.74. The van der Waals surface area contributed by atoms with Crippen LogP contribution in [-0.4, -0.2) is 56.5 Å². The minimum atomic E-state index is -3.76. The Balaban J connectivity index is 1.68. The molecule has 0 aromatic heterocycles. The minimum absolute atomic E-state index is 0.0458. The summed E-state index contributed by atoms with van der Waals surface area (Å²) in [4.78, 5) is 39.8. The number of carbonyl (C=O) groups excluding carboxylic acids is 3. The summed E-state index contributed by atoms with van der Waals surface area (Å²) in [5.74, 6) is -2.10. The molecule has 10 nitrogen and oxygen atoms in total. The highest BCUT2D eigenvalue weighted by Gasteiger charge is 2.30. The molecule has 3 rings (SSSR count). The van der Waals surface area contributed by atoms with Gasteiger partial charge in [0, 0.05) is 29.5 Å². The minimum Gasteiger partial charge on any atom is -0.391 e. The van der Waals surface area contributed by atoms with E-state index in [9.17, 15) is 27.9 Å². The Morgan fingerprint density at radius 1 is 0.816 bits per heavy atom. The van der Waals surface area contributed by atoms with Crippen LogP contribution in [0, 0.1) is 17.8 Å². The summed E-state index contributed by atoms with van der Waals surface area (Å²) in [6.07, 6.45) is -0.592. The first kappa shape index (κ1) is 39.7. The number of halogens is 1. The molecule has 0 fully saturated rings. The lowest BCUT2D eigenvalue weighted by Gasteiger charge is -2.29. The molecule has 0 saturated carbocycles. The molecule has 0 heterocycles. The fourth-order valence-electron chi connectivity index (χ4n) is 5.36. The fraction of sp³-hybridized carbons (Fsp3) is 0.432. The van der Waals surface area contributed by atoms with Crippen LogP contribution < -0.4 is 20.3 Å². The number of hydrogen-bond donors (Lipinski definition) is 4. The molecule has 0 spiro atoms. The van der Waals surface area contributed by atoms with E-state index in [4.69, 9.17) is 0 Å². The second-order valence-corrected chi connectivity index (χ2v) is 16.2. The number of amides is 3. The zero-order valence-corrected chi connectivity index (χ0v) is 31.4. The molecule has 0 saturated heterocycles. The summed E-state index contributed by atoms with van der Waals surface area (Å²) in [5.41, 5.74) is 2.09. The third-order valence-electron chi connectivity index (χ3n) is 8.22. The Kier molecular flexibility index (Phi) is 14.8. The van der Waals surface area contributed by atoms with Crippen molar-refractivity contribution in [2.24, 2.45) is 17.8 Å². The first-order valence-electron chi connectivity index (χ1n) is 16.5. The lowest BCUT2D eigenvalue weighted by Crippen LogP contribution is -2.51. The number of rotatable bonds is 17. The molecule has 0 bridgehead atoms. The summed E-state index contributed by atoms with van der Waals surface area (Å²) >= 11 is 3.40. The fourth-order valence-corrected chi connectivity index (χ4v) is 7.08. The predicted molar refractivity (Wildman–Crippen MR) is 197 cm³/mol. The average Bonchev–Trinajstić information content (AvgIpc) is 3.05. The number of sulfonamides is 1. The first-order chi connectivity index (χ1) is 23.1. The van der Waals surface area contributed by atoms with Gasteiger partial charge in [0.25, 0.3) is 5.91 Å². The zero-order valence-electron chi connectivity index (χ0n) is 29.0.